The van der Waals surface area contributed by atoms with Gasteiger partial charge in [-0.2, -0.15) is 0 Å². The molecule has 2 atom stereocenters. The van der Waals surface area contributed by atoms with Crippen molar-refractivity contribution in [2.75, 3.05) is 33.4 Å². The van der Waals surface area contributed by atoms with Gasteiger partial charge >= 0.3 is 0 Å². The maximum Gasteiger partial charge on any atom is 0.0889 e. The third-order valence-corrected chi connectivity index (χ3v) is 4.45. The summed E-state index contributed by atoms with van der Waals surface area (Å²) in [5.41, 5.74) is 2.68. The molecule has 3 nitrogen and oxygen atoms in total. The molecular weight excluding hydrogens is 286 g/mol. The van der Waals surface area contributed by atoms with Crippen LogP contribution in [0.4, 0.5) is 0 Å². The lowest BCUT2D eigenvalue weighted by molar-refractivity contribution is -0.00458. The average Bonchev–Trinajstić information content (AvgIpc) is 2.79. The number of hydrogen-bond acceptors (Lipinski definition) is 3. The number of ether oxygens (including phenoxy) is 2. The minimum absolute atomic E-state index is 0.114. The van der Waals surface area contributed by atoms with Gasteiger partial charge in [-0.05, 0) is 11.1 Å². The molecule has 0 radical (unpaired) electrons. The largest absolute Gasteiger partial charge is 0.382 e. The highest BCUT2D eigenvalue weighted by Gasteiger charge is 2.29. The highest BCUT2D eigenvalue weighted by atomic mass is 16.5. The highest BCUT2D eigenvalue weighted by molar-refractivity contribution is 5.22. The fourth-order valence-corrected chi connectivity index (χ4v) is 3.27. The van der Waals surface area contributed by atoms with Crippen LogP contribution in [-0.4, -0.2) is 44.4 Å². The van der Waals surface area contributed by atoms with Gasteiger partial charge in [-0.3, -0.25) is 4.90 Å². The molecule has 0 bridgehead atoms. The van der Waals surface area contributed by atoms with Crippen LogP contribution >= 0.6 is 0 Å². The number of rotatable bonds is 5. The second kappa shape index (κ2) is 8.25. The van der Waals surface area contributed by atoms with Gasteiger partial charge in [-0.1, -0.05) is 60.7 Å². The predicted molar refractivity (Wildman–Crippen MR) is 92.5 cm³/mol. The molecule has 0 aromatic heterocycles. The standard InChI is InChI=1S/C20H25NO2/c1-22-16-20-19(18-10-6-3-7-11-18)15-21(12-13-23-20)14-17-8-4-2-5-9-17/h2-11,19-20H,12-16H2,1H3/t19?,20-/m0/s1. The first-order valence-electron chi connectivity index (χ1n) is 8.28. The molecule has 3 rings (SSSR count). The van der Waals surface area contributed by atoms with E-state index >= 15 is 0 Å². The molecule has 3 heteroatoms. The lowest BCUT2D eigenvalue weighted by atomic mass is 9.93. The van der Waals surface area contributed by atoms with Gasteiger partial charge in [0.1, 0.15) is 0 Å². The van der Waals surface area contributed by atoms with Crippen LogP contribution in [0.1, 0.15) is 17.0 Å². The summed E-state index contributed by atoms with van der Waals surface area (Å²) in [6.07, 6.45) is 0.114. The van der Waals surface area contributed by atoms with Crippen molar-refractivity contribution >= 4 is 0 Å². The van der Waals surface area contributed by atoms with Crippen LogP contribution in [0.5, 0.6) is 0 Å². The Morgan fingerprint density at radius 3 is 2.43 bits per heavy atom. The van der Waals surface area contributed by atoms with E-state index in [0.717, 1.165) is 26.2 Å². The van der Waals surface area contributed by atoms with E-state index in [9.17, 15) is 0 Å². The Labute approximate surface area is 138 Å². The maximum absolute atomic E-state index is 6.11. The Morgan fingerprint density at radius 2 is 1.74 bits per heavy atom. The van der Waals surface area contributed by atoms with Gasteiger partial charge in [-0.15, -0.1) is 0 Å². The molecule has 2 aromatic rings. The molecule has 1 saturated heterocycles. The first-order valence-corrected chi connectivity index (χ1v) is 8.28. The molecule has 1 aliphatic rings. The van der Waals surface area contributed by atoms with E-state index in [2.05, 4.69) is 65.6 Å². The fourth-order valence-electron chi connectivity index (χ4n) is 3.27. The molecule has 1 heterocycles. The Morgan fingerprint density at radius 1 is 1.04 bits per heavy atom. The number of benzene rings is 2. The summed E-state index contributed by atoms with van der Waals surface area (Å²) >= 11 is 0. The zero-order valence-electron chi connectivity index (χ0n) is 13.7. The van der Waals surface area contributed by atoms with Crippen molar-refractivity contribution in [3.05, 3.63) is 71.8 Å². The van der Waals surface area contributed by atoms with Crippen molar-refractivity contribution in [3.63, 3.8) is 0 Å². The smallest absolute Gasteiger partial charge is 0.0889 e. The fraction of sp³-hybridized carbons (Fsp3) is 0.400. The van der Waals surface area contributed by atoms with Gasteiger partial charge in [0, 0.05) is 32.7 Å². The van der Waals surface area contributed by atoms with Crippen LogP contribution in [0.2, 0.25) is 0 Å². The number of hydrogen-bond donors (Lipinski definition) is 0. The van der Waals surface area contributed by atoms with Gasteiger partial charge in [0.25, 0.3) is 0 Å². The van der Waals surface area contributed by atoms with Gasteiger partial charge in [0.15, 0.2) is 0 Å². The van der Waals surface area contributed by atoms with E-state index in [-0.39, 0.29) is 6.10 Å². The van der Waals surface area contributed by atoms with E-state index in [1.54, 1.807) is 7.11 Å². The maximum atomic E-state index is 6.11. The topological polar surface area (TPSA) is 21.7 Å². The molecule has 1 aliphatic heterocycles. The summed E-state index contributed by atoms with van der Waals surface area (Å²) in [4.78, 5) is 2.49. The molecule has 122 valence electrons. The first kappa shape index (κ1) is 16.2. The van der Waals surface area contributed by atoms with E-state index in [1.807, 2.05) is 0 Å². The van der Waals surface area contributed by atoms with Gasteiger partial charge < -0.3 is 9.47 Å². The molecule has 0 amide bonds. The number of nitrogens with zero attached hydrogens (tertiary/aromatic N) is 1. The van der Waals surface area contributed by atoms with E-state index < -0.39 is 0 Å². The van der Waals surface area contributed by atoms with Crippen LogP contribution in [0, 0.1) is 0 Å². The Bertz CT molecular complexity index is 573. The lowest BCUT2D eigenvalue weighted by Crippen LogP contribution is -2.32. The monoisotopic (exact) mass is 311 g/mol. The second-order valence-electron chi connectivity index (χ2n) is 6.10. The van der Waals surface area contributed by atoms with Crippen LogP contribution in [0.25, 0.3) is 0 Å². The van der Waals surface area contributed by atoms with E-state index in [1.165, 1.54) is 11.1 Å². The molecule has 23 heavy (non-hydrogen) atoms. The molecule has 2 aromatic carbocycles. The molecule has 0 saturated carbocycles. The quantitative estimate of drug-likeness (QED) is 0.845. The predicted octanol–water partition coefficient (Wildman–Crippen LogP) is 3.32. The summed E-state index contributed by atoms with van der Waals surface area (Å²) in [5, 5.41) is 0. The molecule has 0 N–H and O–H groups in total. The zero-order valence-corrected chi connectivity index (χ0v) is 13.7. The average molecular weight is 311 g/mol. The summed E-state index contributed by atoms with van der Waals surface area (Å²) in [6, 6.07) is 21.3. The molecule has 0 aliphatic carbocycles. The SMILES string of the molecule is COC[C@@H]1OCCN(Cc2ccccc2)CC1c1ccccc1. The molecular formula is C20H25NO2. The normalized spacial score (nSPS) is 22.7. The van der Waals surface area contributed by atoms with Crippen LogP contribution < -0.4 is 0 Å². The van der Waals surface area contributed by atoms with Gasteiger partial charge in [0.05, 0.1) is 19.3 Å². The Hall–Kier alpha value is -1.68. The van der Waals surface area contributed by atoms with Crippen molar-refractivity contribution in [1.82, 2.24) is 4.90 Å². The summed E-state index contributed by atoms with van der Waals surface area (Å²) in [6.45, 7) is 4.31. The van der Waals surface area contributed by atoms with Gasteiger partial charge in [-0.25, -0.2) is 0 Å². The molecule has 0 spiro atoms. The van der Waals surface area contributed by atoms with Crippen molar-refractivity contribution in [2.24, 2.45) is 0 Å². The molecule has 1 unspecified atom stereocenters. The van der Waals surface area contributed by atoms with Crippen molar-refractivity contribution < 1.29 is 9.47 Å². The van der Waals surface area contributed by atoms with Crippen LogP contribution in [0.15, 0.2) is 60.7 Å². The van der Waals surface area contributed by atoms with Crippen molar-refractivity contribution in [3.8, 4) is 0 Å². The highest BCUT2D eigenvalue weighted by Crippen LogP contribution is 2.26. The van der Waals surface area contributed by atoms with Crippen molar-refractivity contribution in [1.29, 1.82) is 0 Å². The third kappa shape index (κ3) is 4.41. The van der Waals surface area contributed by atoms with Crippen molar-refractivity contribution in [2.45, 2.75) is 18.6 Å². The van der Waals surface area contributed by atoms with E-state index in [0.29, 0.717) is 12.5 Å². The number of methoxy groups -OCH3 is 1. The second-order valence-corrected chi connectivity index (χ2v) is 6.10. The Kier molecular flexibility index (Phi) is 5.81. The summed E-state index contributed by atoms with van der Waals surface area (Å²) in [7, 11) is 1.75. The third-order valence-electron chi connectivity index (χ3n) is 4.45. The summed E-state index contributed by atoms with van der Waals surface area (Å²) < 4.78 is 11.5. The van der Waals surface area contributed by atoms with Gasteiger partial charge in [0.2, 0.25) is 0 Å². The summed E-state index contributed by atoms with van der Waals surface area (Å²) in [5.74, 6) is 0.336. The minimum atomic E-state index is 0.114. The first-order chi connectivity index (χ1) is 11.4. The molecule has 1 fully saturated rings. The Balaban J connectivity index is 1.77. The van der Waals surface area contributed by atoms with Crippen LogP contribution in [-0.2, 0) is 16.0 Å². The van der Waals surface area contributed by atoms with E-state index in [4.69, 9.17) is 9.47 Å². The minimum Gasteiger partial charge on any atom is -0.382 e. The zero-order chi connectivity index (χ0) is 15.9. The lowest BCUT2D eigenvalue weighted by Gasteiger charge is -2.28. The van der Waals surface area contributed by atoms with Crippen LogP contribution in [0.3, 0.4) is 0 Å².